The lowest BCUT2D eigenvalue weighted by Gasteiger charge is -2.26. The second-order valence-electron chi connectivity index (χ2n) is 8.69. The van der Waals surface area contributed by atoms with Gasteiger partial charge in [0.2, 0.25) is 5.91 Å². The SMILES string of the molecule is CCN1C(=O)C(C)(C)COc2cc(NS(=O)(=O)c3ccc(OCC(C)C)cc3)ccc21. The zero-order valence-electron chi connectivity index (χ0n) is 18.6. The maximum absolute atomic E-state index is 12.8. The molecule has 0 atom stereocenters. The average molecular weight is 447 g/mol. The second-order valence-corrected chi connectivity index (χ2v) is 10.4. The molecule has 0 bridgehead atoms. The first-order valence-corrected chi connectivity index (χ1v) is 11.9. The number of anilines is 2. The Labute approximate surface area is 184 Å². The highest BCUT2D eigenvalue weighted by Gasteiger charge is 2.37. The zero-order chi connectivity index (χ0) is 22.8. The van der Waals surface area contributed by atoms with E-state index in [1.165, 1.54) is 12.1 Å². The minimum absolute atomic E-state index is 0.0261. The standard InChI is InChI=1S/C23H30N2O5S/c1-6-25-20-12-7-17(13-21(20)30-15-23(4,5)22(25)26)24-31(27,28)19-10-8-18(9-11-19)29-14-16(2)3/h7-13,16,24H,6,14-15H2,1-5H3. The third-order valence-electron chi connectivity index (χ3n) is 4.95. The number of amides is 1. The lowest BCUT2D eigenvalue weighted by Crippen LogP contribution is -2.42. The molecule has 31 heavy (non-hydrogen) atoms. The highest BCUT2D eigenvalue weighted by atomic mass is 32.2. The fraction of sp³-hybridized carbons (Fsp3) is 0.435. The smallest absolute Gasteiger partial charge is 0.261 e. The van der Waals surface area contributed by atoms with Crippen LogP contribution in [0, 0.1) is 11.3 Å². The Hall–Kier alpha value is -2.74. The van der Waals surface area contributed by atoms with Crippen LogP contribution in [0.25, 0.3) is 0 Å². The zero-order valence-corrected chi connectivity index (χ0v) is 19.5. The number of sulfonamides is 1. The van der Waals surface area contributed by atoms with Crippen molar-refractivity contribution >= 4 is 27.3 Å². The lowest BCUT2D eigenvalue weighted by atomic mass is 9.93. The monoisotopic (exact) mass is 446 g/mol. The van der Waals surface area contributed by atoms with Crippen molar-refractivity contribution in [1.82, 2.24) is 0 Å². The van der Waals surface area contributed by atoms with Gasteiger partial charge in [0.25, 0.3) is 10.0 Å². The molecular weight excluding hydrogens is 416 g/mol. The first kappa shape index (κ1) is 22.9. The number of ether oxygens (including phenoxy) is 2. The van der Waals surface area contributed by atoms with E-state index >= 15 is 0 Å². The maximum Gasteiger partial charge on any atom is 0.261 e. The van der Waals surface area contributed by atoms with E-state index in [2.05, 4.69) is 4.72 Å². The topological polar surface area (TPSA) is 84.9 Å². The summed E-state index contributed by atoms with van der Waals surface area (Å²) in [6, 6.07) is 11.3. The molecule has 1 aliphatic heterocycles. The van der Waals surface area contributed by atoms with Gasteiger partial charge < -0.3 is 14.4 Å². The van der Waals surface area contributed by atoms with Crippen LogP contribution in [0.5, 0.6) is 11.5 Å². The molecule has 2 aromatic rings. The number of nitrogens with zero attached hydrogens (tertiary/aromatic N) is 1. The van der Waals surface area contributed by atoms with Gasteiger partial charge in [-0.1, -0.05) is 13.8 Å². The van der Waals surface area contributed by atoms with E-state index in [1.807, 2.05) is 34.6 Å². The van der Waals surface area contributed by atoms with Gasteiger partial charge in [-0.15, -0.1) is 0 Å². The molecule has 8 heteroatoms. The predicted octanol–water partition coefficient (Wildman–Crippen LogP) is 4.29. The van der Waals surface area contributed by atoms with Crippen LogP contribution in [-0.2, 0) is 14.8 Å². The van der Waals surface area contributed by atoms with E-state index in [4.69, 9.17) is 9.47 Å². The van der Waals surface area contributed by atoms with Crippen molar-refractivity contribution in [3.05, 3.63) is 42.5 Å². The second kappa shape index (κ2) is 8.78. The average Bonchev–Trinajstić information content (AvgIpc) is 2.81. The summed E-state index contributed by atoms with van der Waals surface area (Å²) in [5, 5.41) is 0. The Morgan fingerprint density at radius 1 is 1.16 bits per heavy atom. The Bertz CT molecular complexity index is 1050. The fourth-order valence-corrected chi connectivity index (χ4v) is 4.27. The third kappa shape index (κ3) is 5.12. The number of carbonyl (C=O) groups excluding carboxylic acids is 1. The van der Waals surface area contributed by atoms with Gasteiger partial charge in [-0.2, -0.15) is 0 Å². The normalized spacial score (nSPS) is 15.8. The number of hydrogen-bond donors (Lipinski definition) is 1. The predicted molar refractivity (Wildman–Crippen MR) is 121 cm³/mol. The Kier molecular flexibility index (Phi) is 6.50. The van der Waals surface area contributed by atoms with Crippen LogP contribution in [0.4, 0.5) is 11.4 Å². The van der Waals surface area contributed by atoms with Crippen molar-refractivity contribution in [2.45, 2.75) is 39.5 Å². The number of nitrogens with one attached hydrogen (secondary N) is 1. The largest absolute Gasteiger partial charge is 0.493 e. The number of fused-ring (bicyclic) bond motifs is 1. The Balaban J connectivity index is 1.82. The summed E-state index contributed by atoms with van der Waals surface area (Å²) >= 11 is 0. The van der Waals surface area contributed by atoms with Crippen LogP contribution in [0.15, 0.2) is 47.4 Å². The van der Waals surface area contributed by atoms with E-state index in [-0.39, 0.29) is 17.4 Å². The van der Waals surface area contributed by atoms with Crippen LogP contribution in [0.1, 0.15) is 34.6 Å². The first-order chi connectivity index (χ1) is 14.5. The molecule has 0 aliphatic carbocycles. The summed E-state index contributed by atoms with van der Waals surface area (Å²) < 4.78 is 39.7. The van der Waals surface area contributed by atoms with Gasteiger partial charge in [0.15, 0.2) is 0 Å². The van der Waals surface area contributed by atoms with Crippen molar-refractivity contribution in [2.24, 2.45) is 11.3 Å². The molecule has 0 fully saturated rings. The van der Waals surface area contributed by atoms with Crippen LogP contribution < -0.4 is 19.1 Å². The van der Waals surface area contributed by atoms with E-state index in [9.17, 15) is 13.2 Å². The molecule has 3 rings (SSSR count). The van der Waals surface area contributed by atoms with Gasteiger partial charge in [0, 0.05) is 12.6 Å². The summed E-state index contributed by atoms with van der Waals surface area (Å²) in [5.74, 6) is 1.45. The van der Waals surface area contributed by atoms with Gasteiger partial charge in [0.1, 0.15) is 18.1 Å². The molecule has 0 saturated carbocycles. The van der Waals surface area contributed by atoms with E-state index in [0.717, 1.165) is 0 Å². The number of carbonyl (C=O) groups is 1. The number of hydrogen-bond acceptors (Lipinski definition) is 5. The van der Waals surface area contributed by atoms with Crippen molar-refractivity contribution in [3.63, 3.8) is 0 Å². The van der Waals surface area contributed by atoms with Crippen molar-refractivity contribution in [3.8, 4) is 11.5 Å². The first-order valence-electron chi connectivity index (χ1n) is 10.4. The fourth-order valence-electron chi connectivity index (χ4n) is 3.22. The maximum atomic E-state index is 12.8. The molecular formula is C23H30N2O5S. The van der Waals surface area contributed by atoms with Crippen molar-refractivity contribution < 1.29 is 22.7 Å². The molecule has 0 spiro atoms. The molecule has 168 valence electrons. The highest BCUT2D eigenvalue weighted by molar-refractivity contribution is 7.92. The Morgan fingerprint density at radius 2 is 1.84 bits per heavy atom. The highest BCUT2D eigenvalue weighted by Crippen LogP contribution is 2.38. The summed E-state index contributed by atoms with van der Waals surface area (Å²) in [6.45, 7) is 10.9. The van der Waals surface area contributed by atoms with Crippen LogP contribution in [0.2, 0.25) is 0 Å². The lowest BCUT2D eigenvalue weighted by molar-refractivity contribution is -0.127. The van der Waals surface area contributed by atoms with E-state index in [1.54, 1.807) is 35.2 Å². The molecule has 1 aliphatic rings. The minimum atomic E-state index is -3.79. The van der Waals surface area contributed by atoms with Crippen molar-refractivity contribution in [1.29, 1.82) is 0 Å². The molecule has 0 saturated heterocycles. The molecule has 2 aromatic carbocycles. The van der Waals surface area contributed by atoms with Crippen LogP contribution >= 0.6 is 0 Å². The summed E-state index contributed by atoms with van der Waals surface area (Å²) in [7, 11) is -3.79. The molecule has 1 N–H and O–H groups in total. The minimum Gasteiger partial charge on any atom is -0.493 e. The molecule has 0 radical (unpaired) electrons. The Morgan fingerprint density at radius 3 is 2.45 bits per heavy atom. The molecule has 0 aromatic heterocycles. The third-order valence-corrected chi connectivity index (χ3v) is 6.35. The van der Waals surface area contributed by atoms with Gasteiger partial charge in [0.05, 0.1) is 28.3 Å². The van der Waals surface area contributed by atoms with Gasteiger partial charge in [-0.05, 0) is 63.1 Å². The summed E-state index contributed by atoms with van der Waals surface area (Å²) in [5.41, 5.74) is 0.323. The van der Waals surface area contributed by atoms with Crippen LogP contribution in [-0.4, -0.2) is 34.1 Å². The van der Waals surface area contributed by atoms with E-state index in [0.29, 0.717) is 41.9 Å². The number of rotatable bonds is 7. The van der Waals surface area contributed by atoms with Gasteiger partial charge >= 0.3 is 0 Å². The summed E-state index contributed by atoms with van der Waals surface area (Å²) in [6.07, 6.45) is 0. The molecule has 1 heterocycles. The van der Waals surface area contributed by atoms with Gasteiger partial charge in [-0.25, -0.2) is 8.42 Å². The van der Waals surface area contributed by atoms with E-state index < -0.39 is 15.4 Å². The molecule has 1 amide bonds. The van der Waals surface area contributed by atoms with Crippen molar-refractivity contribution in [2.75, 3.05) is 29.4 Å². The summed E-state index contributed by atoms with van der Waals surface area (Å²) in [4.78, 5) is 14.6. The number of benzene rings is 2. The molecule has 0 unspecified atom stereocenters. The molecule has 7 nitrogen and oxygen atoms in total. The van der Waals surface area contributed by atoms with Crippen LogP contribution in [0.3, 0.4) is 0 Å². The quantitative estimate of drug-likeness (QED) is 0.686. The van der Waals surface area contributed by atoms with Gasteiger partial charge in [-0.3, -0.25) is 9.52 Å².